The normalized spacial score (nSPS) is 18.2. The van der Waals surface area contributed by atoms with Gasteiger partial charge in [-0.3, -0.25) is 9.69 Å². The number of piperidine rings is 1. The Morgan fingerprint density at radius 2 is 1.44 bits per heavy atom. The molecule has 2 atom stereocenters. The molecule has 3 aromatic carbocycles. The number of hydrogen-bond donors (Lipinski definition) is 0. The van der Waals surface area contributed by atoms with Crippen LogP contribution in [0.15, 0.2) is 91.0 Å². The molecule has 0 spiro atoms. The molecule has 34 heavy (non-hydrogen) atoms. The predicted molar refractivity (Wildman–Crippen MR) is 133 cm³/mol. The van der Waals surface area contributed by atoms with Gasteiger partial charge in [-0.25, -0.2) is 4.79 Å². The summed E-state index contributed by atoms with van der Waals surface area (Å²) in [6, 6.07) is 29.4. The highest BCUT2D eigenvalue weighted by molar-refractivity contribution is 5.91. The molecule has 4 rings (SSSR count). The second-order valence-electron chi connectivity index (χ2n) is 8.90. The van der Waals surface area contributed by atoms with Crippen LogP contribution >= 0.6 is 0 Å². The fourth-order valence-corrected chi connectivity index (χ4v) is 4.91. The maximum Gasteiger partial charge on any atom is 0.328 e. The standard InChI is InChI=1S/C29H32N2O3/c1-30(21-22-12-6-3-7-13-22)25-18-19-31(26(20-25)29(33)34-2)28(32)27(23-14-8-4-9-15-23)24-16-10-5-11-17-24/h3-17,25-27H,18-21H2,1-2H3/t25-,26-/m0/s1. The van der Waals surface area contributed by atoms with Crippen LogP contribution in [-0.2, 0) is 20.9 Å². The van der Waals surface area contributed by atoms with E-state index in [-0.39, 0.29) is 17.9 Å². The molecule has 1 aliphatic heterocycles. The largest absolute Gasteiger partial charge is 0.467 e. The Hall–Kier alpha value is -3.44. The molecule has 0 N–H and O–H groups in total. The third kappa shape index (κ3) is 5.37. The van der Waals surface area contributed by atoms with E-state index >= 15 is 0 Å². The van der Waals surface area contributed by atoms with Crippen molar-refractivity contribution in [3.8, 4) is 0 Å². The second-order valence-corrected chi connectivity index (χ2v) is 8.90. The summed E-state index contributed by atoms with van der Waals surface area (Å²) in [7, 11) is 3.48. The number of rotatable bonds is 7. The third-order valence-electron chi connectivity index (χ3n) is 6.74. The highest BCUT2D eigenvalue weighted by Crippen LogP contribution is 2.31. The molecule has 0 saturated carbocycles. The molecule has 1 heterocycles. The zero-order valence-corrected chi connectivity index (χ0v) is 19.8. The monoisotopic (exact) mass is 456 g/mol. The number of likely N-dealkylation sites (tertiary alicyclic amines) is 1. The number of benzene rings is 3. The number of esters is 1. The lowest BCUT2D eigenvalue weighted by Gasteiger charge is -2.42. The van der Waals surface area contributed by atoms with E-state index in [0.29, 0.717) is 13.0 Å². The number of ether oxygens (including phenoxy) is 1. The van der Waals surface area contributed by atoms with Crippen molar-refractivity contribution in [3.05, 3.63) is 108 Å². The van der Waals surface area contributed by atoms with Gasteiger partial charge in [0.05, 0.1) is 13.0 Å². The highest BCUT2D eigenvalue weighted by Gasteiger charge is 2.41. The second kappa shape index (κ2) is 11.1. The summed E-state index contributed by atoms with van der Waals surface area (Å²) in [4.78, 5) is 30.9. The van der Waals surface area contributed by atoms with Crippen molar-refractivity contribution < 1.29 is 14.3 Å². The first kappa shape index (κ1) is 23.7. The zero-order chi connectivity index (χ0) is 23.9. The molecule has 1 aliphatic rings. The summed E-state index contributed by atoms with van der Waals surface area (Å²) in [5.74, 6) is -0.879. The lowest BCUT2D eigenvalue weighted by molar-refractivity contribution is -0.156. The zero-order valence-electron chi connectivity index (χ0n) is 19.8. The number of methoxy groups -OCH3 is 1. The van der Waals surface area contributed by atoms with Crippen LogP contribution in [0.2, 0.25) is 0 Å². The molecule has 3 aromatic rings. The van der Waals surface area contributed by atoms with Crippen LogP contribution < -0.4 is 0 Å². The summed E-state index contributed by atoms with van der Waals surface area (Å²) in [5.41, 5.74) is 3.07. The smallest absolute Gasteiger partial charge is 0.328 e. The molecule has 5 nitrogen and oxygen atoms in total. The van der Waals surface area contributed by atoms with Gasteiger partial charge in [-0.15, -0.1) is 0 Å². The first-order valence-corrected chi connectivity index (χ1v) is 11.8. The van der Waals surface area contributed by atoms with Gasteiger partial charge >= 0.3 is 5.97 Å². The summed E-state index contributed by atoms with van der Waals surface area (Å²) in [6.45, 7) is 1.31. The average Bonchev–Trinajstić information content (AvgIpc) is 2.89. The highest BCUT2D eigenvalue weighted by atomic mass is 16.5. The summed E-state index contributed by atoms with van der Waals surface area (Å²) in [5, 5.41) is 0. The average molecular weight is 457 g/mol. The van der Waals surface area contributed by atoms with Crippen molar-refractivity contribution in [3.63, 3.8) is 0 Å². The van der Waals surface area contributed by atoms with Gasteiger partial charge in [0.15, 0.2) is 0 Å². The molecule has 0 aliphatic carbocycles. The first-order chi connectivity index (χ1) is 16.6. The Morgan fingerprint density at radius 3 is 1.97 bits per heavy atom. The van der Waals surface area contributed by atoms with E-state index < -0.39 is 12.0 Å². The Labute approximate surface area is 202 Å². The summed E-state index contributed by atoms with van der Waals surface area (Å²) < 4.78 is 5.16. The van der Waals surface area contributed by atoms with Gasteiger partial charge in [0.2, 0.25) is 5.91 Å². The van der Waals surface area contributed by atoms with Gasteiger partial charge in [-0.1, -0.05) is 91.0 Å². The molecular weight excluding hydrogens is 424 g/mol. The SMILES string of the molecule is COC(=O)[C@@H]1C[C@@H](N(C)Cc2ccccc2)CCN1C(=O)C(c1ccccc1)c1ccccc1. The number of nitrogens with zero attached hydrogens (tertiary/aromatic N) is 2. The molecule has 0 radical (unpaired) electrons. The molecule has 176 valence electrons. The summed E-state index contributed by atoms with van der Waals surface area (Å²) >= 11 is 0. The Kier molecular flexibility index (Phi) is 7.76. The van der Waals surface area contributed by atoms with Crippen molar-refractivity contribution in [1.29, 1.82) is 0 Å². The lowest BCUT2D eigenvalue weighted by atomic mass is 9.87. The summed E-state index contributed by atoms with van der Waals surface area (Å²) in [6.07, 6.45) is 1.36. The molecule has 0 bridgehead atoms. The van der Waals surface area contributed by atoms with Crippen LogP contribution in [0.25, 0.3) is 0 Å². The molecule has 0 unspecified atom stereocenters. The fraction of sp³-hybridized carbons (Fsp3) is 0.310. The molecule has 1 fully saturated rings. The molecule has 1 saturated heterocycles. The number of hydrogen-bond acceptors (Lipinski definition) is 4. The molecule has 5 heteroatoms. The number of carbonyl (C=O) groups excluding carboxylic acids is 2. The lowest BCUT2D eigenvalue weighted by Crippen LogP contribution is -2.55. The van der Waals surface area contributed by atoms with E-state index in [1.165, 1.54) is 12.7 Å². The van der Waals surface area contributed by atoms with Crippen molar-refractivity contribution in [2.75, 3.05) is 20.7 Å². The van der Waals surface area contributed by atoms with Gasteiger partial charge in [-0.2, -0.15) is 0 Å². The van der Waals surface area contributed by atoms with Gasteiger partial charge < -0.3 is 9.64 Å². The van der Waals surface area contributed by atoms with E-state index in [0.717, 1.165) is 24.1 Å². The Morgan fingerprint density at radius 1 is 0.912 bits per heavy atom. The van der Waals surface area contributed by atoms with E-state index in [4.69, 9.17) is 4.74 Å². The molecule has 0 aromatic heterocycles. The van der Waals surface area contributed by atoms with Gasteiger partial charge in [-0.05, 0) is 36.6 Å². The molecule has 1 amide bonds. The predicted octanol–water partition coefficient (Wildman–Crippen LogP) is 4.48. The quantitative estimate of drug-likeness (QED) is 0.492. The number of amides is 1. The van der Waals surface area contributed by atoms with Crippen LogP contribution in [-0.4, -0.2) is 54.5 Å². The van der Waals surface area contributed by atoms with Crippen molar-refractivity contribution >= 4 is 11.9 Å². The Balaban J connectivity index is 1.58. The van der Waals surface area contributed by atoms with Crippen molar-refractivity contribution in [2.45, 2.75) is 37.4 Å². The van der Waals surface area contributed by atoms with Crippen molar-refractivity contribution in [1.82, 2.24) is 9.80 Å². The minimum absolute atomic E-state index is 0.0584. The van der Waals surface area contributed by atoms with E-state index in [9.17, 15) is 9.59 Å². The maximum absolute atomic E-state index is 14.0. The Bertz CT molecular complexity index is 1030. The third-order valence-corrected chi connectivity index (χ3v) is 6.74. The van der Waals surface area contributed by atoms with E-state index in [1.54, 1.807) is 4.90 Å². The molecular formula is C29H32N2O3. The van der Waals surface area contributed by atoms with Crippen LogP contribution in [0, 0.1) is 0 Å². The van der Waals surface area contributed by atoms with Crippen LogP contribution in [0.4, 0.5) is 0 Å². The van der Waals surface area contributed by atoms with Crippen LogP contribution in [0.5, 0.6) is 0 Å². The fourth-order valence-electron chi connectivity index (χ4n) is 4.91. The topological polar surface area (TPSA) is 49.9 Å². The van der Waals surface area contributed by atoms with Gasteiger partial charge in [0.25, 0.3) is 0 Å². The van der Waals surface area contributed by atoms with E-state index in [1.807, 2.05) is 78.9 Å². The van der Waals surface area contributed by atoms with Crippen LogP contribution in [0.1, 0.15) is 35.4 Å². The minimum atomic E-state index is -0.607. The first-order valence-electron chi connectivity index (χ1n) is 11.8. The van der Waals surface area contributed by atoms with Gasteiger partial charge in [0.1, 0.15) is 6.04 Å². The van der Waals surface area contributed by atoms with E-state index in [2.05, 4.69) is 24.1 Å². The minimum Gasteiger partial charge on any atom is -0.467 e. The number of carbonyl (C=O) groups is 2. The van der Waals surface area contributed by atoms with Crippen LogP contribution in [0.3, 0.4) is 0 Å². The van der Waals surface area contributed by atoms with Crippen molar-refractivity contribution in [2.24, 2.45) is 0 Å². The maximum atomic E-state index is 14.0. The van der Waals surface area contributed by atoms with Gasteiger partial charge in [0, 0.05) is 19.1 Å².